The lowest BCUT2D eigenvalue weighted by Gasteiger charge is -2.21. The van der Waals surface area contributed by atoms with Crippen LogP contribution in [0.1, 0.15) is 16.1 Å². The van der Waals surface area contributed by atoms with E-state index in [1.807, 2.05) is 0 Å². The SMILES string of the molecule is O=C(Cl)c1cnn2c(C(F)(F)C(F)(F)F)cc(-c3ccc(F)cc3)nc12. The Bertz CT molecular complexity index is 997. The molecule has 0 bridgehead atoms. The molecule has 0 fully saturated rings. The van der Waals surface area contributed by atoms with Gasteiger partial charge in [0.2, 0.25) is 0 Å². The summed E-state index contributed by atoms with van der Waals surface area (Å²) in [4.78, 5) is 15.3. The Hall–Kier alpha value is -2.62. The van der Waals surface area contributed by atoms with Crippen LogP contribution < -0.4 is 0 Å². The lowest BCUT2D eigenvalue weighted by atomic mass is 10.1. The molecule has 3 aromatic rings. The Labute approximate surface area is 146 Å². The normalized spacial score (nSPS) is 12.6. The molecule has 26 heavy (non-hydrogen) atoms. The molecule has 0 saturated carbocycles. The zero-order valence-corrected chi connectivity index (χ0v) is 13.1. The van der Waals surface area contributed by atoms with Crippen LogP contribution in [0.4, 0.5) is 26.3 Å². The average Bonchev–Trinajstić information content (AvgIpc) is 2.97. The van der Waals surface area contributed by atoms with Crippen molar-refractivity contribution >= 4 is 22.5 Å². The lowest BCUT2D eigenvalue weighted by molar-refractivity contribution is -0.291. The van der Waals surface area contributed by atoms with Gasteiger partial charge in [-0.1, -0.05) is 0 Å². The highest BCUT2D eigenvalue weighted by molar-refractivity contribution is 6.68. The fourth-order valence-electron chi connectivity index (χ4n) is 2.24. The molecule has 0 amide bonds. The van der Waals surface area contributed by atoms with E-state index in [1.165, 1.54) is 0 Å². The molecule has 0 N–H and O–H groups in total. The zero-order valence-electron chi connectivity index (χ0n) is 12.4. The maximum atomic E-state index is 14.0. The predicted octanol–water partition coefficient (Wildman–Crippen LogP) is 4.57. The average molecular weight is 394 g/mol. The summed E-state index contributed by atoms with van der Waals surface area (Å²) in [7, 11) is 0. The van der Waals surface area contributed by atoms with Crippen molar-refractivity contribution in [2.24, 2.45) is 0 Å². The smallest absolute Gasteiger partial charge is 0.275 e. The second-order valence-electron chi connectivity index (χ2n) is 5.17. The van der Waals surface area contributed by atoms with Gasteiger partial charge in [0.25, 0.3) is 5.24 Å². The van der Waals surface area contributed by atoms with E-state index in [2.05, 4.69) is 10.1 Å². The predicted molar refractivity (Wildman–Crippen MR) is 78.5 cm³/mol. The summed E-state index contributed by atoms with van der Waals surface area (Å²) in [5, 5.41) is 2.24. The summed E-state index contributed by atoms with van der Waals surface area (Å²) < 4.78 is 79.7. The highest BCUT2D eigenvalue weighted by Gasteiger charge is 2.60. The Kier molecular flexibility index (Phi) is 4.18. The van der Waals surface area contributed by atoms with E-state index in [0.29, 0.717) is 6.07 Å². The van der Waals surface area contributed by atoms with E-state index in [4.69, 9.17) is 11.6 Å². The van der Waals surface area contributed by atoms with Crippen LogP contribution in [0.3, 0.4) is 0 Å². The van der Waals surface area contributed by atoms with Gasteiger partial charge in [0.1, 0.15) is 11.5 Å². The van der Waals surface area contributed by atoms with Gasteiger partial charge < -0.3 is 0 Å². The number of hydrogen-bond acceptors (Lipinski definition) is 3. The van der Waals surface area contributed by atoms with Crippen molar-refractivity contribution in [3.05, 3.63) is 53.6 Å². The summed E-state index contributed by atoms with van der Waals surface area (Å²) in [6.07, 6.45) is -5.18. The molecule has 0 radical (unpaired) electrons. The molecule has 136 valence electrons. The molecule has 1 aromatic carbocycles. The topological polar surface area (TPSA) is 47.3 Å². The second-order valence-corrected chi connectivity index (χ2v) is 5.52. The highest BCUT2D eigenvalue weighted by atomic mass is 35.5. The number of nitrogens with zero attached hydrogens (tertiary/aromatic N) is 3. The van der Waals surface area contributed by atoms with E-state index in [-0.39, 0.29) is 15.8 Å². The van der Waals surface area contributed by atoms with Crippen LogP contribution in [-0.2, 0) is 5.92 Å². The van der Waals surface area contributed by atoms with Crippen LogP contribution in [0.5, 0.6) is 0 Å². The fraction of sp³-hybridized carbons (Fsp3) is 0.133. The maximum absolute atomic E-state index is 14.0. The number of alkyl halides is 5. The van der Waals surface area contributed by atoms with E-state index >= 15 is 0 Å². The summed E-state index contributed by atoms with van der Waals surface area (Å²) in [5.41, 5.74) is -2.86. The van der Waals surface area contributed by atoms with Gasteiger partial charge in [-0.05, 0) is 41.9 Å². The number of fused-ring (bicyclic) bond motifs is 1. The van der Waals surface area contributed by atoms with Crippen LogP contribution in [0.15, 0.2) is 36.5 Å². The van der Waals surface area contributed by atoms with Gasteiger partial charge >= 0.3 is 12.1 Å². The van der Waals surface area contributed by atoms with Crippen LogP contribution in [-0.4, -0.2) is 26.0 Å². The molecule has 2 heterocycles. The molecule has 0 aliphatic heterocycles. The number of hydrogen-bond donors (Lipinski definition) is 0. The molecule has 0 aliphatic carbocycles. The van der Waals surface area contributed by atoms with Crippen LogP contribution in [0, 0.1) is 5.82 Å². The van der Waals surface area contributed by atoms with Crippen molar-refractivity contribution in [1.29, 1.82) is 0 Å². The molecule has 0 atom stereocenters. The molecule has 0 unspecified atom stereocenters. The van der Waals surface area contributed by atoms with E-state index in [9.17, 15) is 31.1 Å². The van der Waals surface area contributed by atoms with Crippen LogP contribution in [0.25, 0.3) is 16.9 Å². The molecule has 0 saturated heterocycles. The Morgan fingerprint density at radius 1 is 1.08 bits per heavy atom. The Morgan fingerprint density at radius 3 is 2.23 bits per heavy atom. The maximum Gasteiger partial charge on any atom is 0.459 e. The number of aromatic nitrogens is 3. The third-order valence-electron chi connectivity index (χ3n) is 3.50. The molecular formula is C15H6ClF6N3O. The zero-order chi connectivity index (χ0) is 19.3. The molecular weight excluding hydrogens is 388 g/mol. The number of carbonyl (C=O) groups is 1. The Morgan fingerprint density at radius 2 is 1.69 bits per heavy atom. The minimum atomic E-state index is -5.92. The quantitative estimate of drug-likeness (QED) is 0.484. The van der Waals surface area contributed by atoms with Crippen molar-refractivity contribution in [3.63, 3.8) is 0 Å². The van der Waals surface area contributed by atoms with Crippen molar-refractivity contribution in [2.45, 2.75) is 12.1 Å². The van der Waals surface area contributed by atoms with Crippen molar-refractivity contribution < 1.29 is 31.1 Å². The van der Waals surface area contributed by atoms with Crippen LogP contribution >= 0.6 is 11.6 Å². The summed E-state index contributed by atoms with van der Waals surface area (Å²) in [6.45, 7) is 0. The van der Waals surface area contributed by atoms with Gasteiger partial charge in [0, 0.05) is 5.56 Å². The first-order valence-corrected chi connectivity index (χ1v) is 7.19. The third kappa shape index (κ3) is 2.90. The molecule has 11 heteroatoms. The second kappa shape index (κ2) is 5.97. The summed E-state index contributed by atoms with van der Waals surface area (Å²) >= 11 is 5.31. The first-order chi connectivity index (χ1) is 12.0. The molecule has 2 aromatic heterocycles. The minimum absolute atomic E-state index is 0.0577. The van der Waals surface area contributed by atoms with Crippen molar-refractivity contribution in [2.75, 3.05) is 0 Å². The Balaban J connectivity index is 2.36. The van der Waals surface area contributed by atoms with E-state index in [1.54, 1.807) is 0 Å². The minimum Gasteiger partial charge on any atom is -0.275 e. The largest absolute Gasteiger partial charge is 0.459 e. The summed E-state index contributed by atoms with van der Waals surface area (Å²) in [5.74, 6) is -5.93. The number of carbonyl (C=O) groups excluding carboxylic acids is 1. The first-order valence-electron chi connectivity index (χ1n) is 6.82. The van der Waals surface area contributed by atoms with Gasteiger partial charge in [-0.25, -0.2) is 13.9 Å². The molecule has 4 nitrogen and oxygen atoms in total. The first kappa shape index (κ1) is 18.2. The van der Waals surface area contributed by atoms with Crippen LogP contribution in [0.2, 0.25) is 0 Å². The number of rotatable bonds is 3. The number of halogens is 7. The van der Waals surface area contributed by atoms with E-state index < -0.39 is 40.1 Å². The van der Waals surface area contributed by atoms with E-state index in [0.717, 1.165) is 30.5 Å². The van der Waals surface area contributed by atoms with Crippen molar-refractivity contribution in [1.82, 2.24) is 14.6 Å². The van der Waals surface area contributed by atoms with Gasteiger partial charge in [-0.3, -0.25) is 4.79 Å². The standard InChI is InChI=1S/C15H6ClF6N3O/c16-12(26)9-6-23-25-11(14(18,19)15(20,21)22)5-10(24-13(9)25)7-1-3-8(17)4-2-7/h1-6H. The molecule has 0 aliphatic rings. The third-order valence-corrected chi connectivity index (χ3v) is 3.70. The fourth-order valence-corrected chi connectivity index (χ4v) is 2.37. The van der Waals surface area contributed by atoms with Gasteiger partial charge in [0.15, 0.2) is 5.65 Å². The molecule has 0 spiro atoms. The molecule has 3 rings (SSSR count). The van der Waals surface area contributed by atoms with Gasteiger partial charge in [0.05, 0.1) is 17.5 Å². The number of benzene rings is 1. The lowest BCUT2D eigenvalue weighted by Crippen LogP contribution is -2.35. The van der Waals surface area contributed by atoms with Gasteiger partial charge in [-0.15, -0.1) is 0 Å². The van der Waals surface area contributed by atoms with Crippen molar-refractivity contribution in [3.8, 4) is 11.3 Å². The monoisotopic (exact) mass is 393 g/mol. The van der Waals surface area contributed by atoms with Gasteiger partial charge in [-0.2, -0.15) is 27.1 Å². The summed E-state index contributed by atoms with van der Waals surface area (Å²) in [6, 6.07) is 4.72. The highest BCUT2D eigenvalue weighted by Crippen LogP contribution is 2.44.